The number of sulfonamides is 1. The third-order valence-electron chi connectivity index (χ3n) is 4.50. The molecule has 1 aromatic carbocycles. The van der Waals surface area contributed by atoms with Gasteiger partial charge in [-0.15, -0.1) is 0 Å². The van der Waals surface area contributed by atoms with Gasteiger partial charge in [-0.1, -0.05) is 12.1 Å². The van der Waals surface area contributed by atoms with E-state index in [-0.39, 0.29) is 11.1 Å². The zero-order valence-electron chi connectivity index (χ0n) is 15.8. The highest BCUT2D eigenvalue weighted by Gasteiger charge is 2.22. The van der Waals surface area contributed by atoms with E-state index in [2.05, 4.69) is 21.9 Å². The van der Waals surface area contributed by atoms with Crippen molar-refractivity contribution in [1.29, 1.82) is 0 Å². The zero-order chi connectivity index (χ0) is 19.6. The Morgan fingerprint density at radius 3 is 2.41 bits per heavy atom. The van der Waals surface area contributed by atoms with E-state index in [1.165, 1.54) is 26.5 Å². The summed E-state index contributed by atoms with van der Waals surface area (Å²) in [6.07, 6.45) is 3.15. The summed E-state index contributed by atoms with van der Waals surface area (Å²) in [5.74, 6) is 0.601. The molecule has 3 rings (SSSR count). The normalized spacial score (nSPS) is 13.4. The second-order valence-electron chi connectivity index (χ2n) is 6.53. The maximum atomic E-state index is 12.1. The molecule has 0 aliphatic rings. The Hall–Kier alpha value is -2.49. The zero-order valence-corrected chi connectivity index (χ0v) is 16.6. The molecule has 0 spiro atoms. The van der Waals surface area contributed by atoms with Crippen molar-refractivity contribution in [3.8, 4) is 5.69 Å². The van der Waals surface area contributed by atoms with Gasteiger partial charge >= 0.3 is 0 Å². The van der Waals surface area contributed by atoms with E-state index in [1.54, 1.807) is 17.1 Å². The minimum atomic E-state index is -3.56. The molecule has 9 heteroatoms. The Bertz CT molecular complexity index is 978. The van der Waals surface area contributed by atoms with E-state index < -0.39 is 10.0 Å². The van der Waals surface area contributed by atoms with Gasteiger partial charge in [-0.05, 0) is 43.8 Å². The number of aromatic nitrogens is 3. The van der Waals surface area contributed by atoms with E-state index >= 15 is 0 Å². The van der Waals surface area contributed by atoms with Gasteiger partial charge in [0.05, 0.1) is 12.2 Å². The van der Waals surface area contributed by atoms with Crippen molar-refractivity contribution in [3.05, 3.63) is 60.4 Å². The van der Waals surface area contributed by atoms with Gasteiger partial charge in [0.25, 0.3) is 10.0 Å². The number of benzene rings is 1. The minimum absolute atomic E-state index is 0.0410. The molecule has 0 aliphatic carbocycles. The van der Waals surface area contributed by atoms with E-state index in [0.29, 0.717) is 12.3 Å². The van der Waals surface area contributed by atoms with E-state index in [0.717, 1.165) is 15.6 Å². The monoisotopic (exact) mass is 389 g/mol. The molecule has 0 bridgehead atoms. The topological polar surface area (TPSA) is 84.5 Å². The smallest absolute Gasteiger partial charge is 0.275 e. The molecule has 0 aliphatic heterocycles. The molecule has 27 heavy (non-hydrogen) atoms. The molecule has 0 saturated heterocycles. The molecule has 1 atom stereocenters. The largest absolute Gasteiger partial charge is 0.447 e. The van der Waals surface area contributed by atoms with Crippen LogP contribution in [0, 0.1) is 0 Å². The van der Waals surface area contributed by atoms with Crippen LogP contribution in [0.5, 0.6) is 0 Å². The van der Waals surface area contributed by atoms with Gasteiger partial charge in [0, 0.05) is 20.1 Å². The first-order valence-electron chi connectivity index (χ1n) is 8.45. The Morgan fingerprint density at radius 1 is 1.11 bits per heavy atom. The summed E-state index contributed by atoms with van der Waals surface area (Å²) in [7, 11) is 1.38. The first-order valence-corrected chi connectivity index (χ1v) is 9.89. The highest BCUT2D eigenvalue weighted by atomic mass is 32.2. The Kier molecular flexibility index (Phi) is 5.45. The molecule has 0 amide bonds. The van der Waals surface area contributed by atoms with Gasteiger partial charge in [-0.3, -0.25) is 4.90 Å². The van der Waals surface area contributed by atoms with Gasteiger partial charge < -0.3 is 4.42 Å². The maximum Gasteiger partial charge on any atom is 0.275 e. The van der Waals surface area contributed by atoms with Gasteiger partial charge in [0.1, 0.15) is 18.4 Å². The molecular weight excluding hydrogens is 366 g/mol. The first-order chi connectivity index (χ1) is 12.8. The summed E-state index contributed by atoms with van der Waals surface area (Å²) >= 11 is 0. The summed E-state index contributed by atoms with van der Waals surface area (Å²) in [6.45, 7) is 2.58. The molecule has 8 nitrogen and oxygen atoms in total. The molecule has 1 unspecified atom stereocenters. The molecule has 144 valence electrons. The average molecular weight is 389 g/mol. The molecule has 0 fully saturated rings. The van der Waals surface area contributed by atoms with Crippen LogP contribution in [-0.2, 0) is 16.6 Å². The SMILES string of the molecule is CC(c1ccc(-n2cncn2)cc1)N(C)Cc1ccc(S(=O)(=O)N(C)C)o1. The van der Waals surface area contributed by atoms with Crippen molar-refractivity contribution < 1.29 is 12.8 Å². The summed E-state index contributed by atoms with van der Waals surface area (Å²) in [5, 5.41) is 4.08. The third kappa shape index (κ3) is 4.10. The standard InChI is InChI=1S/C18H23N5O3S/c1-14(15-5-7-16(8-6-15)23-13-19-12-20-23)22(4)11-17-9-10-18(26-17)27(24,25)21(2)3/h5-10,12-14H,11H2,1-4H3. The van der Waals surface area contributed by atoms with Crippen molar-refractivity contribution in [1.82, 2.24) is 24.0 Å². The Balaban J connectivity index is 1.69. The van der Waals surface area contributed by atoms with Crippen molar-refractivity contribution >= 4 is 10.0 Å². The lowest BCUT2D eigenvalue weighted by molar-refractivity contribution is 0.225. The number of nitrogens with zero attached hydrogens (tertiary/aromatic N) is 5. The Morgan fingerprint density at radius 2 is 1.81 bits per heavy atom. The molecule has 0 saturated carbocycles. The van der Waals surface area contributed by atoms with Crippen LogP contribution in [0.2, 0.25) is 0 Å². The lowest BCUT2D eigenvalue weighted by atomic mass is 10.1. The fourth-order valence-corrected chi connectivity index (χ4v) is 3.46. The quantitative estimate of drug-likeness (QED) is 0.616. The average Bonchev–Trinajstić information content (AvgIpc) is 3.33. The van der Waals surface area contributed by atoms with Crippen LogP contribution in [0.4, 0.5) is 0 Å². The second kappa shape index (κ2) is 7.63. The van der Waals surface area contributed by atoms with Crippen LogP contribution >= 0.6 is 0 Å². The second-order valence-corrected chi connectivity index (χ2v) is 8.61. The minimum Gasteiger partial charge on any atom is -0.447 e. The van der Waals surface area contributed by atoms with Crippen molar-refractivity contribution in [3.63, 3.8) is 0 Å². The molecule has 0 N–H and O–H groups in total. The number of rotatable bonds is 7. The fourth-order valence-electron chi connectivity index (χ4n) is 2.65. The van der Waals surface area contributed by atoms with Crippen LogP contribution in [-0.4, -0.2) is 53.5 Å². The van der Waals surface area contributed by atoms with E-state index in [9.17, 15) is 8.42 Å². The fraction of sp³-hybridized carbons (Fsp3) is 0.333. The van der Waals surface area contributed by atoms with Crippen LogP contribution in [0.1, 0.15) is 24.3 Å². The summed E-state index contributed by atoms with van der Waals surface area (Å²) in [6, 6.07) is 11.4. The lowest BCUT2D eigenvalue weighted by Crippen LogP contribution is -2.22. The molecule has 0 radical (unpaired) electrons. The van der Waals surface area contributed by atoms with Gasteiger partial charge in [-0.25, -0.2) is 22.4 Å². The maximum absolute atomic E-state index is 12.1. The molecule has 2 aromatic heterocycles. The third-order valence-corrected chi connectivity index (χ3v) is 6.19. The lowest BCUT2D eigenvalue weighted by Gasteiger charge is -2.24. The van der Waals surface area contributed by atoms with Crippen molar-refractivity contribution in [2.75, 3.05) is 21.1 Å². The van der Waals surface area contributed by atoms with E-state index in [1.807, 2.05) is 31.3 Å². The predicted octanol–water partition coefficient (Wildman–Crippen LogP) is 2.30. The summed E-state index contributed by atoms with van der Waals surface area (Å²) < 4.78 is 32.6. The summed E-state index contributed by atoms with van der Waals surface area (Å²) in [4.78, 5) is 6.04. The number of furan rings is 1. The summed E-state index contributed by atoms with van der Waals surface area (Å²) in [5.41, 5.74) is 2.07. The molecular formula is C18H23N5O3S. The van der Waals surface area contributed by atoms with Crippen LogP contribution in [0.15, 0.2) is 58.6 Å². The van der Waals surface area contributed by atoms with Gasteiger partial charge in [0.2, 0.25) is 5.09 Å². The number of hydrogen-bond donors (Lipinski definition) is 0. The number of hydrogen-bond acceptors (Lipinski definition) is 6. The van der Waals surface area contributed by atoms with Crippen LogP contribution in [0.25, 0.3) is 5.69 Å². The van der Waals surface area contributed by atoms with Gasteiger partial charge in [0.15, 0.2) is 0 Å². The predicted molar refractivity (Wildman–Crippen MR) is 101 cm³/mol. The highest BCUT2D eigenvalue weighted by molar-refractivity contribution is 7.88. The molecule has 3 aromatic rings. The van der Waals surface area contributed by atoms with Crippen LogP contribution < -0.4 is 0 Å². The first kappa shape index (κ1) is 19.3. The van der Waals surface area contributed by atoms with Gasteiger partial charge in [-0.2, -0.15) is 5.10 Å². The van der Waals surface area contributed by atoms with E-state index in [4.69, 9.17) is 4.42 Å². The van der Waals surface area contributed by atoms with Crippen molar-refractivity contribution in [2.24, 2.45) is 0 Å². The Labute approximate surface area is 159 Å². The van der Waals surface area contributed by atoms with Crippen molar-refractivity contribution in [2.45, 2.75) is 24.6 Å². The van der Waals surface area contributed by atoms with Crippen LogP contribution in [0.3, 0.4) is 0 Å². The highest BCUT2D eigenvalue weighted by Crippen LogP contribution is 2.24. The molecule has 2 heterocycles.